The van der Waals surface area contributed by atoms with Crippen molar-refractivity contribution in [3.8, 4) is 0 Å². The van der Waals surface area contributed by atoms with Crippen LogP contribution in [0.2, 0.25) is 0 Å². The lowest BCUT2D eigenvalue weighted by Gasteiger charge is -2.17. The maximum Gasteiger partial charge on any atom is 0.219 e. The van der Waals surface area contributed by atoms with Crippen molar-refractivity contribution in [2.24, 2.45) is 5.84 Å². The standard InChI is InChI=1S/C7H14N4OS/c1-7(2,3)12-4-5-10-11-6(9-8)13-5/h4,8H2,1-3H3,(H,9,11). The zero-order valence-electron chi connectivity index (χ0n) is 8.00. The molecule has 3 N–H and O–H groups in total. The highest BCUT2D eigenvalue weighted by molar-refractivity contribution is 7.15. The van der Waals surface area contributed by atoms with Gasteiger partial charge < -0.3 is 4.74 Å². The third-order valence-electron chi connectivity index (χ3n) is 1.22. The number of nitrogens with two attached hydrogens (primary N) is 1. The van der Waals surface area contributed by atoms with Crippen LogP contribution in [-0.2, 0) is 11.3 Å². The summed E-state index contributed by atoms with van der Waals surface area (Å²) < 4.78 is 5.51. The average molecular weight is 202 g/mol. The van der Waals surface area contributed by atoms with E-state index in [1.807, 2.05) is 20.8 Å². The lowest BCUT2D eigenvalue weighted by Crippen LogP contribution is -2.18. The molecule has 0 atom stereocenters. The first-order valence-corrected chi connectivity index (χ1v) is 4.76. The lowest BCUT2D eigenvalue weighted by atomic mass is 10.2. The Morgan fingerprint density at radius 2 is 2.15 bits per heavy atom. The van der Waals surface area contributed by atoms with Crippen molar-refractivity contribution in [2.75, 3.05) is 5.43 Å². The SMILES string of the molecule is CC(C)(C)OCc1nnc(NN)s1. The third kappa shape index (κ3) is 3.67. The average Bonchev–Trinajstić information content (AvgIpc) is 2.47. The van der Waals surface area contributed by atoms with Gasteiger partial charge in [-0.05, 0) is 20.8 Å². The van der Waals surface area contributed by atoms with E-state index < -0.39 is 0 Å². The number of nitrogens with zero attached hydrogens (tertiary/aromatic N) is 2. The normalized spacial score (nSPS) is 11.7. The van der Waals surface area contributed by atoms with Crippen LogP contribution in [0.4, 0.5) is 5.13 Å². The van der Waals surface area contributed by atoms with Gasteiger partial charge in [-0.25, -0.2) is 5.84 Å². The van der Waals surface area contributed by atoms with Crippen LogP contribution >= 0.6 is 11.3 Å². The minimum atomic E-state index is -0.151. The molecule has 6 heteroatoms. The van der Waals surface area contributed by atoms with Crippen molar-refractivity contribution in [1.29, 1.82) is 0 Å². The number of ether oxygens (including phenoxy) is 1. The maximum absolute atomic E-state index is 5.51. The molecule has 0 aliphatic carbocycles. The van der Waals surface area contributed by atoms with E-state index in [0.29, 0.717) is 11.7 Å². The van der Waals surface area contributed by atoms with Crippen LogP contribution < -0.4 is 11.3 Å². The van der Waals surface area contributed by atoms with Crippen LogP contribution in [0.15, 0.2) is 0 Å². The molecule has 74 valence electrons. The Morgan fingerprint density at radius 1 is 1.46 bits per heavy atom. The summed E-state index contributed by atoms with van der Waals surface area (Å²) in [4.78, 5) is 0. The van der Waals surface area contributed by atoms with E-state index in [1.54, 1.807) is 0 Å². The Hall–Kier alpha value is -0.720. The minimum Gasteiger partial charge on any atom is -0.369 e. The van der Waals surface area contributed by atoms with Crippen molar-refractivity contribution in [3.63, 3.8) is 0 Å². The number of anilines is 1. The van der Waals surface area contributed by atoms with Gasteiger partial charge in [-0.2, -0.15) is 0 Å². The number of rotatable bonds is 3. The number of hydrazine groups is 1. The zero-order chi connectivity index (χ0) is 9.90. The van der Waals surface area contributed by atoms with E-state index in [-0.39, 0.29) is 5.60 Å². The number of aromatic nitrogens is 2. The highest BCUT2D eigenvalue weighted by Gasteiger charge is 2.12. The Kier molecular flexibility index (Phi) is 3.18. The summed E-state index contributed by atoms with van der Waals surface area (Å²) in [6.07, 6.45) is 0. The second-order valence-corrected chi connectivity index (χ2v) is 4.61. The number of hydrogen-bond acceptors (Lipinski definition) is 6. The van der Waals surface area contributed by atoms with Gasteiger partial charge in [0.25, 0.3) is 0 Å². The van der Waals surface area contributed by atoms with Gasteiger partial charge >= 0.3 is 0 Å². The number of hydrogen-bond donors (Lipinski definition) is 2. The predicted octanol–water partition coefficient (Wildman–Crippen LogP) is 1.14. The quantitative estimate of drug-likeness (QED) is 0.568. The molecule has 0 saturated carbocycles. The predicted molar refractivity (Wildman–Crippen MR) is 52.3 cm³/mol. The molecule has 1 aromatic heterocycles. The van der Waals surface area contributed by atoms with Crippen LogP contribution in [0, 0.1) is 0 Å². The molecular formula is C7H14N4OS. The molecule has 0 fully saturated rings. The van der Waals surface area contributed by atoms with Gasteiger partial charge in [0.15, 0.2) is 0 Å². The fourth-order valence-electron chi connectivity index (χ4n) is 0.649. The molecule has 1 rings (SSSR count). The first kappa shape index (κ1) is 10.4. The summed E-state index contributed by atoms with van der Waals surface area (Å²) in [5.41, 5.74) is 2.28. The fraction of sp³-hybridized carbons (Fsp3) is 0.714. The van der Waals surface area contributed by atoms with Crippen molar-refractivity contribution < 1.29 is 4.74 Å². The molecule has 0 aliphatic heterocycles. The molecule has 0 unspecified atom stereocenters. The van der Waals surface area contributed by atoms with E-state index in [0.717, 1.165) is 5.01 Å². The largest absolute Gasteiger partial charge is 0.369 e. The summed E-state index contributed by atoms with van der Waals surface area (Å²) in [6, 6.07) is 0. The molecule has 5 nitrogen and oxygen atoms in total. The molecule has 0 aliphatic rings. The van der Waals surface area contributed by atoms with Crippen LogP contribution in [0.25, 0.3) is 0 Å². The number of nitrogens with one attached hydrogen (secondary N) is 1. The maximum atomic E-state index is 5.51. The molecular weight excluding hydrogens is 188 g/mol. The van der Waals surface area contributed by atoms with Crippen molar-refractivity contribution >= 4 is 16.5 Å². The summed E-state index contributed by atoms with van der Waals surface area (Å²) in [5.74, 6) is 5.16. The van der Waals surface area contributed by atoms with Crippen LogP contribution in [0.1, 0.15) is 25.8 Å². The second kappa shape index (κ2) is 3.99. The first-order chi connectivity index (χ1) is 6.01. The molecule has 0 bridgehead atoms. The van der Waals surface area contributed by atoms with Gasteiger partial charge in [0.1, 0.15) is 11.6 Å². The Balaban J connectivity index is 2.46. The third-order valence-corrected chi connectivity index (χ3v) is 2.05. The van der Waals surface area contributed by atoms with Crippen molar-refractivity contribution in [1.82, 2.24) is 10.2 Å². The molecule has 0 radical (unpaired) electrons. The Morgan fingerprint density at radius 3 is 2.62 bits per heavy atom. The summed E-state index contributed by atoms with van der Waals surface area (Å²) in [6.45, 7) is 6.46. The van der Waals surface area contributed by atoms with E-state index in [1.165, 1.54) is 11.3 Å². The van der Waals surface area contributed by atoms with Gasteiger partial charge in [-0.15, -0.1) is 10.2 Å². The van der Waals surface area contributed by atoms with Crippen LogP contribution in [0.3, 0.4) is 0 Å². The molecule has 0 aromatic carbocycles. The van der Waals surface area contributed by atoms with E-state index >= 15 is 0 Å². The summed E-state index contributed by atoms with van der Waals surface area (Å²) in [5, 5.41) is 9.11. The van der Waals surface area contributed by atoms with Gasteiger partial charge in [0.05, 0.1) is 5.60 Å². The monoisotopic (exact) mass is 202 g/mol. The molecule has 0 saturated heterocycles. The zero-order valence-corrected chi connectivity index (χ0v) is 8.81. The summed E-state index contributed by atoms with van der Waals surface area (Å²) in [7, 11) is 0. The minimum absolute atomic E-state index is 0.151. The lowest BCUT2D eigenvalue weighted by molar-refractivity contribution is -0.0152. The topological polar surface area (TPSA) is 73.1 Å². The Labute approximate surface area is 81.3 Å². The fourth-order valence-corrected chi connectivity index (χ4v) is 1.21. The molecule has 1 aromatic rings. The molecule has 13 heavy (non-hydrogen) atoms. The van der Waals surface area contributed by atoms with Gasteiger partial charge in [-0.1, -0.05) is 11.3 Å². The first-order valence-electron chi connectivity index (χ1n) is 3.94. The van der Waals surface area contributed by atoms with Crippen LogP contribution in [0.5, 0.6) is 0 Å². The van der Waals surface area contributed by atoms with Crippen LogP contribution in [-0.4, -0.2) is 15.8 Å². The smallest absolute Gasteiger partial charge is 0.219 e. The molecule has 1 heterocycles. The van der Waals surface area contributed by atoms with Crippen molar-refractivity contribution in [2.45, 2.75) is 33.0 Å². The van der Waals surface area contributed by atoms with Gasteiger partial charge in [0, 0.05) is 0 Å². The van der Waals surface area contributed by atoms with Gasteiger partial charge in [0.2, 0.25) is 5.13 Å². The second-order valence-electron chi connectivity index (χ2n) is 3.55. The molecule has 0 amide bonds. The van der Waals surface area contributed by atoms with E-state index in [4.69, 9.17) is 10.6 Å². The Bertz CT molecular complexity index is 268. The highest BCUT2D eigenvalue weighted by Crippen LogP contribution is 2.17. The number of nitrogen functional groups attached to an aromatic ring is 1. The van der Waals surface area contributed by atoms with E-state index in [2.05, 4.69) is 15.6 Å². The van der Waals surface area contributed by atoms with E-state index in [9.17, 15) is 0 Å². The molecule has 0 spiro atoms. The highest BCUT2D eigenvalue weighted by atomic mass is 32.1. The van der Waals surface area contributed by atoms with Crippen molar-refractivity contribution in [3.05, 3.63) is 5.01 Å². The van der Waals surface area contributed by atoms with Gasteiger partial charge in [-0.3, -0.25) is 5.43 Å². The summed E-state index contributed by atoms with van der Waals surface area (Å²) >= 11 is 1.39.